The fourth-order valence-electron chi connectivity index (χ4n) is 2.86. The van der Waals surface area contributed by atoms with Gasteiger partial charge >= 0.3 is 0 Å². The highest BCUT2D eigenvalue weighted by atomic mass is 35.5. The molecule has 0 atom stereocenters. The van der Waals surface area contributed by atoms with Crippen LogP contribution in [0.25, 0.3) is 0 Å². The summed E-state index contributed by atoms with van der Waals surface area (Å²) in [6, 6.07) is 17.8. The molecule has 3 aromatic rings. The van der Waals surface area contributed by atoms with Crippen LogP contribution in [0, 0.1) is 0 Å². The van der Waals surface area contributed by atoms with Crippen molar-refractivity contribution in [2.75, 3.05) is 11.0 Å². The fourth-order valence-corrected chi connectivity index (χ4v) is 3.64. The highest BCUT2D eigenvalue weighted by molar-refractivity contribution is 7.92. The summed E-state index contributed by atoms with van der Waals surface area (Å²) in [6.45, 7) is 0. The number of aromatic nitrogens is 1. The number of hydrogen-bond acceptors (Lipinski definition) is 3. The van der Waals surface area contributed by atoms with Crippen molar-refractivity contribution in [1.29, 1.82) is 0 Å². The molecule has 0 aliphatic heterocycles. The standard InChI is InChI=1S/C20H19ClN2O3S/c1-23-16(13-14-7-9-15(10-8-14)22-27(2,25)26)11-12-19(23)20(24)17-5-3-4-6-18(17)21/h3-12,22H,13H2,1-2H3. The lowest BCUT2D eigenvalue weighted by Crippen LogP contribution is -2.10. The number of nitrogens with one attached hydrogen (secondary N) is 1. The summed E-state index contributed by atoms with van der Waals surface area (Å²) < 4.78 is 26.8. The molecule has 140 valence electrons. The first-order chi connectivity index (χ1) is 12.7. The van der Waals surface area contributed by atoms with Gasteiger partial charge < -0.3 is 4.57 Å². The van der Waals surface area contributed by atoms with Crippen LogP contribution in [0.5, 0.6) is 0 Å². The van der Waals surface area contributed by atoms with Crippen molar-refractivity contribution in [1.82, 2.24) is 4.57 Å². The van der Waals surface area contributed by atoms with Crippen LogP contribution in [0.4, 0.5) is 5.69 Å². The molecule has 1 N–H and O–H groups in total. The SMILES string of the molecule is Cn1c(Cc2ccc(NS(C)(=O)=O)cc2)ccc1C(=O)c1ccccc1Cl. The number of sulfonamides is 1. The van der Waals surface area contributed by atoms with E-state index in [4.69, 9.17) is 11.6 Å². The molecule has 0 amide bonds. The van der Waals surface area contributed by atoms with Crippen LogP contribution >= 0.6 is 11.6 Å². The maximum absolute atomic E-state index is 12.8. The molecule has 0 bridgehead atoms. The van der Waals surface area contributed by atoms with Crippen molar-refractivity contribution in [3.05, 3.63) is 88.2 Å². The van der Waals surface area contributed by atoms with Crippen LogP contribution in [0.1, 0.15) is 27.3 Å². The van der Waals surface area contributed by atoms with Gasteiger partial charge in [-0.3, -0.25) is 9.52 Å². The summed E-state index contributed by atoms with van der Waals surface area (Å²) in [5.74, 6) is -0.123. The third kappa shape index (κ3) is 4.59. The molecular weight excluding hydrogens is 384 g/mol. The third-order valence-electron chi connectivity index (χ3n) is 4.22. The van der Waals surface area contributed by atoms with Crippen LogP contribution < -0.4 is 4.72 Å². The minimum atomic E-state index is -3.29. The van der Waals surface area contributed by atoms with Gasteiger partial charge in [0.1, 0.15) is 0 Å². The van der Waals surface area contributed by atoms with Gasteiger partial charge in [0.15, 0.2) is 0 Å². The van der Waals surface area contributed by atoms with E-state index in [1.165, 1.54) is 0 Å². The first kappa shape index (κ1) is 19.2. The maximum atomic E-state index is 12.8. The lowest BCUT2D eigenvalue weighted by Gasteiger charge is -2.09. The first-order valence-electron chi connectivity index (χ1n) is 8.25. The zero-order valence-corrected chi connectivity index (χ0v) is 16.5. The third-order valence-corrected chi connectivity index (χ3v) is 5.16. The Bertz CT molecular complexity index is 1090. The van der Waals surface area contributed by atoms with Gasteiger partial charge in [-0.05, 0) is 42.0 Å². The lowest BCUT2D eigenvalue weighted by atomic mass is 10.1. The van der Waals surface area contributed by atoms with Crippen LogP contribution in [0.15, 0.2) is 60.7 Å². The minimum Gasteiger partial charge on any atom is -0.345 e. The van der Waals surface area contributed by atoms with Crippen molar-refractivity contribution in [3.63, 3.8) is 0 Å². The van der Waals surface area contributed by atoms with E-state index in [1.54, 1.807) is 42.5 Å². The molecular formula is C20H19ClN2O3S. The number of benzene rings is 2. The van der Waals surface area contributed by atoms with Crippen LogP contribution in [-0.2, 0) is 23.5 Å². The number of ketones is 1. The number of halogens is 1. The molecule has 0 aliphatic carbocycles. The summed E-state index contributed by atoms with van der Waals surface area (Å²) >= 11 is 6.14. The molecule has 1 aromatic heterocycles. The van der Waals surface area contributed by atoms with Gasteiger partial charge in [0.25, 0.3) is 0 Å². The van der Waals surface area contributed by atoms with Crippen molar-refractivity contribution in [2.45, 2.75) is 6.42 Å². The molecule has 5 nitrogen and oxygen atoms in total. The molecule has 3 rings (SSSR count). The predicted octanol–water partition coefficient (Wildman–Crippen LogP) is 3.87. The van der Waals surface area contributed by atoms with Crippen molar-refractivity contribution in [3.8, 4) is 0 Å². The summed E-state index contributed by atoms with van der Waals surface area (Å²) in [7, 11) is -1.45. The van der Waals surface area contributed by atoms with Crippen molar-refractivity contribution >= 4 is 33.1 Å². The van der Waals surface area contributed by atoms with Gasteiger partial charge in [0, 0.05) is 30.4 Å². The average Bonchev–Trinajstić information content (AvgIpc) is 2.96. The number of carbonyl (C=O) groups excluding carboxylic acids is 1. The first-order valence-corrected chi connectivity index (χ1v) is 10.5. The van der Waals surface area contributed by atoms with Gasteiger partial charge in [0.05, 0.1) is 17.0 Å². The summed E-state index contributed by atoms with van der Waals surface area (Å²) in [5.41, 5.74) is 3.53. The summed E-state index contributed by atoms with van der Waals surface area (Å²) in [4.78, 5) is 12.8. The highest BCUT2D eigenvalue weighted by Crippen LogP contribution is 2.21. The maximum Gasteiger partial charge on any atom is 0.229 e. The molecule has 2 aromatic carbocycles. The predicted molar refractivity (Wildman–Crippen MR) is 108 cm³/mol. The Balaban J connectivity index is 1.80. The van der Waals surface area contributed by atoms with Crippen LogP contribution in [-0.4, -0.2) is 25.0 Å². The second-order valence-electron chi connectivity index (χ2n) is 6.33. The van der Waals surface area contributed by atoms with Crippen molar-refractivity contribution < 1.29 is 13.2 Å². The second kappa shape index (κ2) is 7.58. The van der Waals surface area contributed by atoms with E-state index in [1.807, 2.05) is 29.8 Å². The number of hydrogen-bond donors (Lipinski definition) is 1. The van der Waals surface area contributed by atoms with Crippen LogP contribution in [0.2, 0.25) is 5.02 Å². The minimum absolute atomic E-state index is 0.123. The van der Waals surface area contributed by atoms with E-state index in [2.05, 4.69) is 4.72 Å². The van der Waals surface area contributed by atoms with E-state index >= 15 is 0 Å². The Hall–Kier alpha value is -2.57. The molecule has 0 unspecified atom stereocenters. The largest absolute Gasteiger partial charge is 0.345 e. The number of carbonyl (C=O) groups is 1. The van der Waals surface area contributed by atoms with E-state index in [0.29, 0.717) is 28.4 Å². The number of anilines is 1. The monoisotopic (exact) mass is 402 g/mol. The van der Waals surface area contributed by atoms with E-state index in [9.17, 15) is 13.2 Å². The number of rotatable bonds is 6. The smallest absolute Gasteiger partial charge is 0.229 e. The van der Waals surface area contributed by atoms with Gasteiger partial charge in [-0.2, -0.15) is 0 Å². The molecule has 0 aliphatic rings. The van der Waals surface area contributed by atoms with Crippen LogP contribution in [0.3, 0.4) is 0 Å². The molecule has 0 fully saturated rings. The Kier molecular flexibility index (Phi) is 5.39. The Morgan fingerprint density at radius 2 is 1.70 bits per heavy atom. The van der Waals surface area contributed by atoms with E-state index in [0.717, 1.165) is 17.5 Å². The molecule has 0 spiro atoms. The Labute approximate surface area is 163 Å². The normalized spacial score (nSPS) is 11.4. The summed E-state index contributed by atoms with van der Waals surface area (Å²) in [5, 5.41) is 0.430. The van der Waals surface area contributed by atoms with Gasteiger partial charge in [-0.1, -0.05) is 35.9 Å². The molecule has 1 heterocycles. The van der Waals surface area contributed by atoms with Gasteiger partial charge in [-0.15, -0.1) is 0 Å². The lowest BCUT2D eigenvalue weighted by molar-refractivity contribution is 0.103. The summed E-state index contributed by atoms with van der Waals surface area (Å²) in [6.07, 6.45) is 1.73. The second-order valence-corrected chi connectivity index (χ2v) is 8.48. The zero-order valence-electron chi connectivity index (χ0n) is 14.9. The molecule has 7 heteroatoms. The Morgan fingerprint density at radius 3 is 2.33 bits per heavy atom. The fraction of sp³-hybridized carbons (Fsp3) is 0.150. The van der Waals surface area contributed by atoms with Crippen molar-refractivity contribution in [2.24, 2.45) is 7.05 Å². The molecule has 0 saturated carbocycles. The van der Waals surface area contributed by atoms with Gasteiger partial charge in [0.2, 0.25) is 15.8 Å². The topological polar surface area (TPSA) is 68.2 Å². The molecule has 27 heavy (non-hydrogen) atoms. The quantitative estimate of drug-likeness (QED) is 0.636. The highest BCUT2D eigenvalue weighted by Gasteiger charge is 2.17. The number of nitrogens with zero attached hydrogens (tertiary/aromatic N) is 1. The molecule has 0 saturated heterocycles. The average molecular weight is 403 g/mol. The molecule has 0 radical (unpaired) electrons. The zero-order chi connectivity index (χ0) is 19.6. The van der Waals surface area contributed by atoms with Gasteiger partial charge in [-0.25, -0.2) is 8.42 Å². The van der Waals surface area contributed by atoms with E-state index < -0.39 is 10.0 Å². The van der Waals surface area contributed by atoms with E-state index in [-0.39, 0.29) is 5.78 Å². The Morgan fingerprint density at radius 1 is 1.04 bits per heavy atom.